The number of nitrogens with two attached hydrogens (primary N) is 1. The van der Waals surface area contributed by atoms with Gasteiger partial charge in [-0.3, -0.25) is 9.83 Å². The molecule has 0 spiro atoms. The van der Waals surface area contributed by atoms with Gasteiger partial charge < -0.3 is 35.4 Å². The van der Waals surface area contributed by atoms with E-state index in [0.717, 1.165) is 6.07 Å². The van der Waals surface area contributed by atoms with Gasteiger partial charge in [0.1, 0.15) is 33.0 Å². The zero-order valence-electron chi connectivity index (χ0n) is 25.2. The number of phenolic OH excluding ortho intramolecular Hbond substituents is 1. The summed E-state index contributed by atoms with van der Waals surface area (Å²) in [6.45, 7) is 3.91. The van der Waals surface area contributed by atoms with E-state index >= 15 is 0 Å². The van der Waals surface area contributed by atoms with Crippen LogP contribution in [0.2, 0.25) is 10.0 Å². The summed E-state index contributed by atoms with van der Waals surface area (Å²) in [5, 5.41) is 35.6. The van der Waals surface area contributed by atoms with Crippen LogP contribution in [0.3, 0.4) is 0 Å². The van der Waals surface area contributed by atoms with Gasteiger partial charge >= 0.3 is 59.1 Å². The third kappa shape index (κ3) is 9.86. The molecule has 47 heavy (non-hydrogen) atoms. The molecule has 0 aliphatic heterocycles. The molecule has 20 heteroatoms. The largest absolute Gasteiger partial charge is 1.00 e. The maximum atomic E-state index is 13.2. The molecule has 0 aliphatic carbocycles. The average molecular weight is 744 g/mol. The second-order valence-corrected chi connectivity index (χ2v) is 11.7. The van der Waals surface area contributed by atoms with Crippen LogP contribution in [0.5, 0.6) is 17.2 Å². The van der Waals surface area contributed by atoms with Gasteiger partial charge in [0, 0.05) is 22.4 Å². The summed E-state index contributed by atoms with van der Waals surface area (Å²) in [6, 6.07) is 10.6. The maximum absolute atomic E-state index is 13.2. The number of anilines is 2. The van der Waals surface area contributed by atoms with Gasteiger partial charge in [-0.05, 0) is 49.6 Å². The number of amides is 1. The first kappa shape index (κ1) is 41.3. The van der Waals surface area contributed by atoms with Crippen LogP contribution >= 0.6 is 35.2 Å². The molecule has 0 saturated heterocycles. The normalized spacial score (nSPS) is 11.2. The van der Waals surface area contributed by atoms with Crippen LogP contribution in [0.25, 0.3) is 10.8 Å². The monoisotopic (exact) mass is 742 g/mol. The third-order valence-electron chi connectivity index (χ3n) is 5.94. The van der Waals surface area contributed by atoms with Gasteiger partial charge in [-0.15, -0.1) is 10.2 Å². The Morgan fingerprint density at radius 3 is 2.36 bits per heavy atom. The van der Waals surface area contributed by atoms with Crippen molar-refractivity contribution in [1.29, 1.82) is 0 Å². The predicted octanol–water partition coefficient (Wildman–Crippen LogP) is 0.0422. The first-order valence-electron chi connectivity index (χ1n) is 12.7. The number of carbonyl (C=O) groups excluding carboxylic acids is 1. The van der Waals surface area contributed by atoms with E-state index < -0.39 is 32.4 Å². The van der Waals surface area contributed by atoms with Gasteiger partial charge in [-0.25, -0.2) is 8.42 Å². The van der Waals surface area contributed by atoms with Crippen molar-refractivity contribution in [1.82, 2.24) is 0 Å². The Balaban J connectivity index is 0.00000384. The third-order valence-corrected chi connectivity index (χ3v) is 8.16. The van der Waals surface area contributed by atoms with E-state index in [4.69, 9.17) is 38.4 Å². The Bertz CT molecular complexity index is 1920. The van der Waals surface area contributed by atoms with E-state index in [2.05, 4.69) is 24.9 Å². The molecule has 0 saturated carbocycles. The fourth-order valence-electron chi connectivity index (χ4n) is 4.11. The smallest absolute Gasteiger partial charge is 0.744 e. The predicted molar refractivity (Wildman–Crippen MR) is 163 cm³/mol. The Morgan fingerprint density at radius 1 is 1.04 bits per heavy atom. The molecular weight excluding hydrogens is 721 g/mol. The number of rotatable bonds is 12. The van der Waals surface area contributed by atoms with Crippen molar-refractivity contribution in [3.63, 3.8) is 0 Å². The molecule has 1 amide bonds. The first-order valence-corrected chi connectivity index (χ1v) is 15.6. The molecule has 4 aromatic rings. The Morgan fingerprint density at radius 2 is 1.72 bits per heavy atom. The molecule has 0 unspecified atom stereocenters. The fourth-order valence-corrected chi connectivity index (χ4v) is 5.59. The number of aromatic hydroxyl groups is 1. The molecule has 0 atom stereocenters. The molecule has 4 rings (SSSR count). The minimum atomic E-state index is -5.29. The van der Waals surface area contributed by atoms with E-state index in [1.165, 1.54) is 42.5 Å². The number of hydrogen-bond acceptors (Lipinski definition) is 14. The maximum Gasteiger partial charge on any atom is 1.00 e. The number of phenols is 1. The van der Waals surface area contributed by atoms with Crippen molar-refractivity contribution in [2.45, 2.75) is 23.6 Å². The number of benzene rings is 4. The molecule has 4 aromatic carbocycles. The van der Waals surface area contributed by atoms with Crippen LogP contribution in [0, 0.1) is 0 Å². The fraction of sp³-hybridized carbons (Fsp3) is 0.148. The van der Waals surface area contributed by atoms with Gasteiger partial charge in [0.2, 0.25) is 0 Å². The zero-order valence-corrected chi connectivity index (χ0v) is 32.3. The first-order chi connectivity index (χ1) is 21.4. The summed E-state index contributed by atoms with van der Waals surface area (Å²) in [5.41, 5.74) is 5.37. The van der Waals surface area contributed by atoms with Gasteiger partial charge in [0.05, 0.1) is 57.1 Å². The van der Waals surface area contributed by atoms with Crippen molar-refractivity contribution in [2.75, 3.05) is 24.3 Å². The SMILES string of the molecule is CCOc1cc(N=Nc2c(S(=O)(=O)[O-])cc3cc(SOO[O-])cc(NC(=O)c4cccc(Cl)c4Cl)c3c2O)c(OCC)cc1N.[Na+].[Na+]. The zero-order chi connectivity index (χ0) is 32.9. The van der Waals surface area contributed by atoms with Gasteiger partial charge in [-0.2, -0.15) is 4.33 Å². The number of azo groups is 1. The van der Waals surface area contributed by atoms with Gasteiger partial charge in [-0.1, -0.05) is 29.3 Å². The number of nitrogens with one attached hydrogen (secondary N) is 1. The summed E-state index contributed by atoms with van der Waals surface area (Å²) in [4.78, 5) is 12.4. The molecule has 0 aromatic heterocycles. The van der Waals surface area contributed by atoms with Crippen LogP contribution in [0.1, 0.15) is 24.2 Å². The number of carbonyl (C=O) groups is 1. The summed E-state index contributed by atoms with van der Waals surface area (Å²) in [6.07, 6.45) is 0. The van der Waals surface area contributed by atoms with Gasteiger partial charge in [0.25, 0.3) is 5.91 Å². The average Bonchev–Trinajstić information content (AvgIpc) is 2.98. The second kappa shape index (κ2) is 18.2. The van der Waals surface area contributed by atoms with Crippen LogP contribution < -0.4 is 84.9 Å². The van der Waals surface area contributed by atoms with Crippen molar-refractivity contribution in [2.24, 2.45) is 10.2 Å². The number of ether oxygens (including phenoxy) is 2. The quantitative estimate of drug-likeness (QED) is 0.0334. The van der Waals surface area contributed by atoms with Crippen molar-refractivity contribution in [3.8, 4) is 17.2 Å². The van der Waals surface area contributed by atoms with Crippen LogP contribution in [0.4, 0.5) is 22.7 Å². The molecule has 0 aliphatic rings. The van der Waals surface area contributed by atoms with Crippen LogP contribution in [-0.4, -0.2) is 37.2 Å². The Kier molecular flexibility index (Phi) is 16.0. The topological polar surface area (TPSA) is 217 Å². The molecule has 238 valence electrons. The summed E-state index contributed by atoms with van der Waals surface area (Å²) in [7, 11) is -5.29. The second-order valence-electron chi connectivity index (χ2n) is 8.79. The van der Waals surface area contributed by atoms with Crippen LogP contribution in [0.15, 0.2) is 68.6 Å². The summed E-state index contributed by atoms with van der Waals surface area (Å²) < 4.78 is 52.5. The van der Waals surface area contributed by atoms with Gasteiger partial charge in [0.15, 0.2) is 5.75 Å². The van der Waals surface area contributed by atoms with E-state index in [1.54, 1.807) is 13.8 Å². The standard InChI is InChI=1S/C27H24Cl2N4O10S2.2Na/c1-3-40-20-12-18(21(41-4-2)11-17(20)30)32-33-25-22(45(37,38)39)9-13-8-14(44-43-42-36)10-19(23(13)26(25)34)31-27(35)15-6-5-7-16(28)24(15)29;;/h5-12,34,36H,3-4,30H2,1-2H3,(H,31,35)(H,37,38,39);;/q;2*+1/p-2. The molecule has 4 N–H and O–H groups in total. The van der Waals surface area contributed by atoms with E-state index in [-0.39, 0.29) is 132 Å². The molecule has 0 heterocycles. The number of halogens is 2. The number of fused-ring (bicyclic) bond motifs is 1. The number of nitrogen functional groups attached to an aromatic ring is 1. The molecule has 0 radical (unpaired) electrons. The molecule has 14 nitrogen and oxygen atoms in total. The van der Waals surface area contributed by atoms with Crippen LogP contribution in [-0.2, 0) is 19.5 Å². The molecular formula is C27H22Cl2N4Na2O10S2. The number of hydrogen-bond donors (Lipinski definition) is 3. The van der Waals surface area contributed by atoms with E-state index in [0.29, 0.717) is 12.0 Å². The van der Waals surface area contributed by atoms with Crippen molar-refractivity contribution < 1.29 is 106 Å². The minimum Gasteiger partial charge on any atom is -0.744 e. The molecule has 0 bridgehead atoms. The number of nitrogens with zero attached hydrogens (tertiary/aromatic N) is 2. The summed E-state index contributed by atoms with van der Waals surface area (Å²) in [5.74, 6) is -1.23. The van der Waals surface area contributed by atoms with E-state index in [9.17, 15) is 28.1 Å². The minimum absolute atomic E-state index is 0. The Hall–Kier alpha value is -1.87. The van der Waals surface area contributed by atoms with Crippen molar-refractivity contribution >= 4 is 84.8 Å². The summed E-state index contributed by atoms with van der Waals surface area (Å²) >= 11 is 12.7. The molecule has 0 fully saturated rings. The Labute approximate surface area is 327 Å². The van der Waals surface area contributed by atoms with Crippen molar-refractivity contribution in [3.05, 3.63) is 64.1 Å². The van der Waals surface area contributed by atoms with E-state index in [1.807, 2.05) is 0 Å².